The molecule has 0 aliphatic carbocycles. The Bertz CT molecular complexity index is 655. The fraction of sp³-hybridized carbons (Fsp3) is 0.500. The summed E-state index contributed by atoms with van der Waals surface area (Å²) in [4.78, 5) is 16.2. The highest BCUT2D eigenvalue weighted by atomic mass is 16.6. The van der Waals surface area contributed by atoms with E-state index in [2.05, 4.69) is 17.6 Å². The van der Waals surface area contributed by atoms with Crippen molar-refractivity contribution in [3.8, 4) is 5.75 Å². The number of carbonyl (C=O) groups excluding carboxylic acids is 1. The van der Waals surface area contributed by atoms with E-state index in [1.807, 2.05) is 51.2 Å². The number of fused-ring (bicyclic) bond motifs is 1. The van der Waals surface area contributed by atoms with Gasteiger partial charge in [-0.1, -0.05) is 32.1 Å². The number of carbonyl (C=O) groups is 1. The van der Waals surface area contributed by atoms with E-state index in [0.717, 1.165) is 42.9 Å². The molecule has 5 nitrogen and oxygen atoms in total. The van der Waals surface area contributed by atoms with E-state index in [-0.39, 0.29) is 6.09 Å². The summed E-state index contributed by atoms with van der Waals surface area (Å²) >= 11 is 0. The molecule has 0 saturated heterocycles. The summed E-state index contributed by atoms with van der Waals surface area (Å²) in [5.41, 5.74) is 2.07. The third kappa shape index (κ3) is 6.75. The van der Waals surface area contributed by atoms with Crippen molar-refractivity contribution in [1.82, 2.24) is 4.90 Å². The number of ether oxygens (including phenoxy) is 2. The van der Waals surface area contributed by atoms with Gasteiger partial charge in [-0.05, 0) is 49.6 Å². The first-order valence-electron chi connectivity index (χ1n) is 9.65. The first kappa shape index (κ1) is 21.0. The summed E-state index contributed by atoms with van der Waals surface area (Å²) in [5.74, 6) is 1.16. The van der Waals surface area contributed by atoms with Crippen LogP contribution in [0, 0.1) is 5.92 Å². The molecule has 0 aromatic heterocycles. The van der Waals surface area contributed by atoms with Gasteiger partial charge in [0.25, 0.3) is 0 Å². The van der Waals surface area contributed by atoms with Gasteiger partial charge in [0.2, 0.25) is 0 Å². The molecule has 0 radical (unpaired) electrons. The van der Waals surface area contributed by atoms with Gasteiger partial charge < -0.3 is 9.47 Å². The van der Waals surface area contributed by atoms with E-state index >= 15 is 0 Å². The molecule has 0 spiro atoms. The highest BCUT2D eigenvalue weighted by Gasteiger charge is 2.24. The Kier molecular flexibility index (Phi) is 8.40. The van der Waals surface area contributed by atoms with Crippen molar-refractivity contribution in [3.63, 3.8) is 0 Å². The number of nitrogens with zero attached hydrogens (tertiary/aromatic N) is 2. The first-order valence-corrected chi connectivity index (χ1v) is 9.65. The van der Waals surface area contributed by atoms with Crippen molar-refractivity contribution in [2.24, 2.45) is 5.92 Å². The minimum absolute atomic E-state index is 0.259. The van der Waals surface area contributed by atoms with Crippen molar-refractivity contribution < 1.29 is 14.3 Å². The average molecular weight is 373 g/mol. The van der Waals surface area contributed by atoms with E-state index in [0.29, 0.717) is 25.7 Å². The molecule has 5 heteroatoms. The van der Waals surface area contributed by atoms with Gasteiger partial charge in [0.1, 0.15) is 12.4 Å². The molecule has 0 saturated carbocycles. The van der Waals surface area contributed by atoms with Crippen LogP contribution in [0.1, 0.15) is 25.8 Å². The van der Waals surface area contributed by atoms with Crippen LogP contribution in [0.5, 0.6) is 5.75 Å². The van der Waals surface area contributed by atoms with Crippen LogP contribution in [0.3, 0.4) is 0 Å². The van der Waals surface area contributed by atoms with Gasteiger partial charge in [-0.3, -0.25) is 9.80 Å². The second-order valence-corrected chi connectivity index (χ2v) is 7.31. The molecular formula is C22H32N2O3. The van der Waals surface area contributed by atoms with Crippen LogP contribution in [0.25, 0.3) is 0 Å². The SMILES string of the molecule is C=CCN(C)C/C=C/COc1ccc2c(c1)CCCN2C(=O)OCC(C)C. The number of likely N-dealkylation sites (N-methyl/N-ethyl adjacent to an activating group) is 1. The molecule has 0 unspecified atom stereocenters. The molecule has 1 aliphatic rings. The Morgan fingerprint density at radius 2 is 2.15 bits per heavy atom. The zero-order valence-electron chi connectivity index (χ0n) is 16.8. The van der Waals surface area contributed by atoms with Crippen molar-refractivity contribution >= 4 is 11.8 Å². The van der Waals surface area contributed by atoms with Crippen molar-refractivity contribution in [2.75, 3.05) is 44.8 Å². The molecule has 148 valence electrons. The molecule has 2 rings (SSSR count). The summed E-state index contributed by atoms with van der Waals surface area (Å²) in [6.07, 6.45) is 7.62. The fourth-order valence-electron chi connectivity index (χ4n) is 2.93. The number of amides is 1. The van der Waals surface area contributed by atoms with Gasteiger partial charge in [0.05, 0.1) is 12.3 Å². The largest absolute Gasteiger partial charge is 0.490 e. The van der Waals surface area contributed by atoms with Crippen molar-refractivity contribution in [1.29, 1.82) is 0 Å². The number of aryl methyl sites for hydroxylation is 1. The van der Waals surface area contributed by atoms with Gasteiger partial charge >= 0.3 is 6.09 Å². The lowest BCUT2D eigenvalue weighted by molar-refractivity contribution is 0.139. The van der Waals surface area contributed by atoms with E-state index in [4.69, 9.17) is 9.47 Å². The van der Waals surface area contributed by atoms with E-state index in [1.165, 1.54) is 0 Å². The summed E-state index contributed by atoms with van der Waals surface area (Å²) < 4.78 is 11.2. The molecule has 1 aromatic rings. The minimum atomic E-state index is -0.259. The smallest absolute Gasteiger partial charge is 0.414 e. The quantitative estimate of drug-likeness (QED) is 0.607. The van der Waals surface area contributed by atoms with Crippen molar-refractivity contribution in [2.45, 2.75) is 26.7 Å². The first-order chi connectivity index (χ1) is 13.0. The molecule has 0 bridgehead atoms. The Hall–Kier alpha value is -2.27. The summed E-state index contributed by atoms with van der Waals surface area (Å²) in [7, 11) is 2.05. The molecule has 0 N–H and O–H groups in total. The molecule has 1 aromatic carbocycles. The number of benzene rings is 1. The average Bonchev–Trinajstić information content (AvgIpc) is 2.65. The zero-order valence-corrected chi connectivity index (χ0v) is 16.8. The third-order valence-corrected chi connectivity index (χ3v) is 4.30. The monoisotopic (exact) mass is 372 g/mol. The molecule has 1 aliphatic heterocycles. The second kappa shape index (κ2) is 10.8. The van der Waals surface area contributed by atoms with Crippen molar-refractivity contribution in [3.05, 3.63) is 48.6 Å². The Morgan fingerprint density at radius 3 is 2.89 bits per heavy atom. The Labute approximate surface area is 163 Å². The van der Waals surface area contributed by atoms with Crippen LogP contribution in [-0.2, 0) is 11.2 Å². The summed E-state index contributed by atoms with van der Waals surface area (Å²) in [5, 5.41) is 0. The molecule has 1 heterocycles. The number of rotatable bonds is 9. The normalized spacial score (nSPS) is 13.9. The maximum atomic E-state index is 12.3. The standard InChI is InChI=1S/C22H32N2O3/c1-5-12-23(4)13-6-7-15-26-20-10-11-21-19(16-20)9-8-14-24(21)22(25)27-17-18(2)3/h5-7,10-11,16,18H,1,8-9,12-15,17H2,2-4H3/b7-6+. The summed E-state index contributed by atoms with van der Waals surface area (Å²) in [6, 6.07) is 5.92. The minimum Gasteiger partial charge on any atom is -0.490 e. The lowest BCUT2D eigenvalue weighted by atomic mass is 10.0. The third-order valence-electron chi connectivity index (χ3n) is 4.30. The molecule has 27 heavy (non-hydrogen) atoms. The molecular weight excluding hydrogens is 340 g/mol. The molecule has 1 amide bonds. The van der Waals surface area contributed by atoms with Gasteiger partial charge in [0, 0.05) is 19.6 Å². The predicted molar refractivity (Wildman–Crippen MR) is 111 cm³/mol. The Balaban J connectivity index is 1.91. The number of hydrogen-bond acceptors (Lipinski definition) is 4. The van der Waals surface area contributed by atoms with Crippen LogP contribution in [0.4, 0.5) is 10.5 Å². The van der Waals surface area contributed by atoms with Gasteiger partial charge in [-0.2, -0.15) is 0 Å². The van der Waals surface area contributed by atoms with Crippen LogP contribution in [0.15, 0.2) is 43.0 Å². The lowest BCUT2D eigenvalue weighted by Crippen LogP contribution is -2.36. The molecule has 0 atom stereocenters. The highest BCUT2D eigenvalue weighted by molar-refractivity contribution is 5.89. The van der Waals surface area contributed by atoms with Gasteiger partial charge in [-0.15, -0.1) is 6.58 Å². The predicted octanol–water partition coefficient (Wildman–Crippen LogP) is 4.28. The highest BCUT2D eigenvalue weighted by Crippen LogP contribution is 2.31. The topological polar surface area (TPSA) is 42.0 Å². The van der Waals surface area contributed by atoms with E-state index < -0.39 is 0 Å². The van der Waals surface area contributed by atoms with Crippen LogP contribution >= 0.6 is 0 Å². The van der Waals surface area contributed by atoms with Crippen LogP contribution in [-0.4, -0.2) is 50.9 Å². The Morgan fingerprint density at radius 1 is 1.33 bits per heavy atom. The van der Waals surface area contributed by atoms with E-state index in [9.17, 15) is 4.79 Å². The summed E-state index contributed by atoms with van der Waals surface area (Å²) in [6.45, 7) is 11.2. The van der Waals surface area contributed by atoms with Gasteiger partial charge in [0.15, 0.2) is 0 Å². The van der Waals surface area contributed by atoms with Crippen LogP contribution in [0.2, 0.25) is 0 Å². The second-order valence-electron chi connectivity index (χ2n) is 7.31. The number of hydrogen-bond donors (Lipinski definition) is 0. The fourth-order valence-corrected chi connectivity index (χ4v) is 2.93. The molecule has 0 fully saturated rings. The maximum Gasteiger partial charge on any atom is 0.414 e. The lowest BCUT2D eigenvalue weighted by Gasteiger charge is -2.29. The number of anilines is 1. The van der Waals surface area contributed by atoms with Crippen LogP contribution < -0.4 is 9.64 Å². The maximum absolute atomic E-state index is 12.3. The zero-order chi connectivity index (χ0) is 19.6. The van der Waals surface area contributed by atoms with E-state index in [1.54, 1.807) is 4.90 Å². The van der Waals surface area contributed by atoms with Gasteiger partial charge in [-0.25, -0.2) is 4.79 Å².